The van der Waals surface area contributed by atoms with Gasteiger partial charge in [-0.3, -0.25) is 9.59 Å². The van der Waals surface area contributed by atoms with Crippen molar-refractivity contribution >= 4 is 27.7 Å². The molecule has 164 valence electrons. The maximum atomic E-state index is 12.0. The maximum Gasteiger partial charge on any atom is 0.255 e. The highest BCUT2D eigenvalue weighted by Crippen LogP contribution is 2.33. The smallest absolute Gasteiger partial charge is 0.255 e. The highest BCUT2D eigenvalue weighted by molar-refractivity contribution is 9.10. The second kappa shape index (κ2) is 9.41. The minimum absolute atomic E-state index is 0. The number of hydrogen-bond donors (Lipinski definition) is 2. The zero-order valence-corrected chi connectivity index (χ0v) is 18.4. The Morgan fingerprint density at radius 2 is 1.53 bits per heavy atom. The Kier molecular flexibility index (Phi) is 6.66. The van der Waals surface area contributed by atoms with E-state index >= 15 is 0 Å². The van der Waals surface area contributed by atoms with Gasteiger partial charge in [0.1, 0.15) is 0 Å². The van der Waals surface area contributed by atoms with Crippen LogP contribution in [0.15, 0.2) is 23.2 Å². The highest BCUT2D eigenvalue weighted by Gasteiger charge is 2.37. The normalized spacial score (nSPS) is 20.0. The number of aromatic nitrogens is 2. The van der Waals surface area contributed by atoms with Crippen molar-refractivity contribution in [3.8, 4) is 0 Å². The third-order valence-corrected chi connectivity index (χ3v) is 6.65. The van der Waals surface area contributed by atoms with E-state index in [-0.39, 0.29) is 19.2 Å². The molecule has 0 spiro atoms. The molecule has 0 unspecified atom stereocenters. The summed E-state index contributed by atoms with van der Waals surface area (Å²) >= 11 is 3.43. The summed E-state index contributed by atoms with van der Waals surface area (Å²) in [6.45, 7) is 4.08. The molecule has 4 heterocycles. The molecule has 2 N–H and O–H groups in total. The van der Waals surface area contributed by atoms with Gasteiger partial charge in [0, 0.05) is 45.1 Å². The number of hydrogen-bond acceptors (Lipinski definition) is 2. The quantitative estimate of drug-likeness (QED) is 0.653. The van der Waals surface area contributed by atoms with Gasteiger partial charge in [-0.05, 0) is 65.6 Å². The van der Waals surface area contributed by atoms with Crippen LogP contribution in [-0.4, -0.2) is 56.8 Å². The van der Waals surface area contributed by atoms with E-state index in [1.54, 1.807) is 6.92 Å². The molecular weight excluding hydrogens is 444 g/mol. The summed E-state index contributed by atoms with van der Waals surface area (Å²) in [6.07, 6.45) is 12.3. The van der Waals surface area contributed by atoms with Crippen molar-refractivity contribution in [2.24, 2.45) is 0 Å². The first kappa shape index (κ1) is 21.2. The largest absolute Gasteiger partial charge is 0.367 e. The van der Waals surface area contributed by atoms with Gasteiger partial charge in [-0.2, -0.15) is 0 Å². The first-order valence-corrected chi connectivity index (χ1v) is 11.3. The Morgan fingerprint density at radius 3 is 2.13 bits per heavy atom. The molecule has 2 saturated carbocycles. The van der Waals surface area contributed by atoms with E-state index in [1.807, 2.05) is 28.4 Å². The topological polar surface area (TPSA) is 72.2 Å². The van der Waals surface area contributed by atoms with Gasteiger partial charge in [-0.25, -0.2) is 0 Å². The zero-order chi connectivity index (χ0) is 21.3. The van der Waals surface area contributed by atoms with Crippen molar-refractivity contribution in [3.05, 3.63) is 45.4 Å². The van der Waals surface area contributed by atoms with E-state index in [0.717, 1.165) is 47.2 Å². The van der Waals surface area contributed by atoms with Crippen LogP contribution < -0.4 is 0 Å². The summed E-state index contributed by atoms with van der Waals surface area (Å²) in [7, 11) is 0. The number of H-pyrrole nitrogens is 2. The highest BCUT2D eigenvalue weighted by atomic mass is 79.9. The van der Waals surface area contributed by atoms with Crippen LogP contribution in [-0.2, 0) is 12.8 Å². The molecule has 2 aromatic heterocycles. The molecule has 2 aromatic rings. The zero-order valence-electron chi connectivity index (χ0n) is 17.8. The molecule has 2 aliphatic carbocycles. The number of carbonyl (C=O) groups excluding carboxylic acids is 2. The molecule has 2 aliphatic heterocycles. The lowest BCUT2D eigenvalue weighted by Gasteiger charge is -2.26. The maximum absolute atomic E-state index is 12.0. The van der Waals surface area contributed by atoms with Crippen LogP contribution in [0.25, 0.3) is 0 Å². The van der Waals surface area contributed by atoms with Crippen LogP contribution in [0, 0.1) is 0 Å². The average molecular weight is 478 g/mol. The van der Waals surface area contributed by atoms with Gasteiger partial charge in [0.05, 0.1) is 15.7 Å². The molecule has 4 aliphatic rings. The number of halogens is 1. The van der Waals surface area contributed by atoms with E-state index < -0.39 is 0 Å². The number of fused-ring (bicyclic) bond motifs is 2. The van der Waals surface area contributed by atoms with Crippen LogP contribution in [0.1, 0.15) is 80.1 Å². The Morgan fingerprint density at radius 1 is 0.967 bits per heavy atom. The van der Waals surface area contributed by atoms with Gasteiger partial charge in [-0.1, -0.05) is 21.3 Å². The number of aromatic amines is 2. The van der Waals surface area contributed by atoms with Crippen molar-refractivity contribution in [1.82, 2.24) is 19.8 Å². The van der Waals surface area contributed by atoms with E-state index in [2.05, 4.69) is 25.9 Å². The summed E-state index contributed by atoms with van der Waals surface area (Å²) in [6, 6.07) is 1.08. The molecule has 7 heteroatoms. The Labute approximate surface area is 188 Å². The standard InChI is InChI=1S/C10H11BrN2O.C10H12N2O.C2H6.CH4/c11-9-7-3-4-13(6-1-2-6)10(14)8(7)5-12-9;13-10-9-6-11-5-7(9)3-4-12(10)8-1-2-8;1-2;/h5-6,12H,1-4H2;5-6,8,11H,1-4H2;1-2H3;1H4/i;;1D;. The predicted octanol–water partition coefficient (Wildman–Crippen LogP) is 4.78. The van der Waals surface area contributed by atoms with Crippen LogP contribution in [0.2, 0.25) is 0 Å². The van der Waals surface area contributed by atoms with Gasteiger partial charge in [0.2, 0.25) is 0 Å². The molecule has 6 rings (SSSR count). The average Bonchev–Trinajstić information content (AvgIpc) is 3.66. The van der Waals surface area contributed by atoms with E-state index in [4.69, 9.17) is 1.37 Å². The van der Waals surface area contributed by atoms with Crippen molar-refractivity contribution < 1.29 is 11.0 Å². The molecule has 0 radical (unpaired) electrons. The number of amides is 2. The molecule has 30 heavy (non-hydrogen) atoms. The van der Waals surface area contributed by atoms with Gasteiger partial charge in [0.25, 0.3) is 11.8 Å². The van der Waals surface area contributed by atoms with Gasteiger partial charge < -0.3 is 19.8 Å². The summed E-state index contributed by atoms with van der Waals surface area (Å²) in [5.41, 5.74) is 4.07. The van der Waals surface area contributed by atoms with Crippen molar-refractivity contribution in [2.75, 3.05) is 13.1 Å². The summed E-state index contributed by atoms with van der Waals surface area (Å²) in [5, 5.41) is 0. The second-order valence-electron chi connectivity index (χ2n) is 7.85. The Bertz CT molecular complexity index is 917. The second-order valence-corrected chi connectivity index (χ2v) is 8.64. The minimum atomic E-state index is 0. The van der Waals surface area contributed by atoms with Crippen LogP contribution in [0.4, 0.5) is 0 Å². The molecule has 2 fully saturated rings. The molecule has 2 amide bonds. The lowest BCUT2D eigenvalue weighted by Crippen LogP contribution is -2.38. The summed E-state index contributed by atoms with van der Waals surface area (Å²) in [5.74, 6) is 0.431. The van der Waals surface area contributed by atoms with Crippen LogP contribution in [0.3, 0.4) is 0 Å². The lowest BCUT2D eigenvalue weighted by molar-refractivity contribution is 0.0719. The molecule has 0 saturated heterocycles. The number of carbonyl (C=O) groups is 2. The van der Waals surface area contributed by atoms with Gasteiger partial charge in [-0.15, -0.1) is 0 Å². The number of rotatable bonds is 2. The predicted molar refractivity (Wildman–Crippen MR) is 123 cm³/mol. The molecule has 0 atom stereocenters. The Balaban J connectivity index is 0.000000152. The van der Waals surface area contributed by atoms with E-state index in [0.29, 0.717) is 19.0 Å². The summed E-state index contributed by atoms with van der Waals surface area (Å²) in [4.78, 5) is 34.0. The van der Waals surface area contributed by atoms with Crippen LogP contribution >= 0.6 is 15.9 Å². The minimum Gasteiger partial charge on any atom is -0.367 e. The fourth-order valence-corrected chi connectivity index (χ4v) is 4.65. The lowest BCUT2D eigenvalue weighted by atomic mass is 10.0. The van der Waals surface area contributed by atoms with Crippen molar-refractivity contribution in [1.29, 1.82) is 0 Å². The Hall–Kier alpha value is -2.02. The number of nitrogens with zero attached hydrogens (tertiary/aromatic N) is 2. The molecule has 6 nitrogen and oxygen atoms in total. The fraction of sp³-hybridized carbons (Fsp3) is 0.565. The van der Waals surface area contributed by atoms with Crippen LogP contribution in [0.5, 0.6) is 0 Å². The molecule has 0 aromatic carbocycles. The van der Waals surface area contributed by atoms with E-state index in [9.17, 15) is 9.59 Å². The molecule has 0 bridgehead atoms. The van der Waals surface area contributed by atoms with Gasteiger partial charge >= 0.3 is 0 Å². The SMILES string of the molecule is C.O=C1c2c[nH]c(Br)c2CCN1C1CC1.O=C1c2c[nH]cc2CCN1C1CC1.[2H]CC. The third-order valence-electron chi connectivity index (χ3n) is 5.95. The molecular formula is C23H33BrN4O2. The fourth-order valence-electron chi connectivity index (χ4n) is 4.12. The first-order chi connectivity index (χ1) is 14.5. The first-order valence-electron chi connectivity index (χ1n) is 11.2. The monoisotopic (exact) mass is 477 g/mol. The van der Waals surface area contributed by atoms with Gasteiger partial charge in [0.15, 0.2) is 0 Å². The van der Waals surface area contributed by atoms with Crippen molar-refractivity contribution in [3.63, 3.8) is 0 Å². The van der Waals surface area contributed by atoms with Crippen molar-refractivity contribution in [2.45, 2.75) is 71.9 Å². The van der Waals surface area contributed by atoms with E-state index in [1.165, 1.54) is 31.2 Å². The summed E-state index contributed by atoms with van der Waals surface area (Å²) < 4.78 is 7.18. The number of nitrogens with one attached hydrogen (secondary N) is 2. The third kappa shape index (κ3) is 4.36.